The first-order valence-electron chi connectivity index (χ1n) is 15.2. The summed E-state index contributed by atoms with van der Waals surface area (Å²) in [7, 11) is 0. The summed E-state index contributed by atoms with van der Waals surface area (Å²) in [5.74, 6) is -12.6. The summed E-state index contributed by atoms with van der Waals surface area (Å²) < 4.78 is 96.0. The third-order valence-electron chi connectivity index (χ3n) is 7.48. The van der Waals surface area contributed by atoms with E-state index in [-0.39, 0.29) is 17.8 Å². The zero-order valence-corrected chi connectivity index (χ0v) is 27.2. The number of alkyl halides is 3. The van der Waals surface area contributed by atoms with Crippen LogP contribution in [0.1, 0.15) is 34.8 Å². The Morgan fingerprint density at radius 1 is 0.765 bits per heavy atom. The highest BCUT2D eigenvalue weighted by Gasteiger charge is 2.42. The van der Waals surface area contributed by atoms with E-state index in [0.29, 0.717) is 16.0 Å². The van der Waals surface area contributed by atoms with Gasteiger partial charge in [0.15, 0.2) is 23.3 Å². The van der Waals surface area contributed by atoms with Crippen molar-refractivity contribution in [1.29, 1.82) is 0 Å². The smallest absolute Gasteiger partial charge is 0.321 e. The number of hydrogen-bond donors (Lipinski definition) is 3. The minimum atomic E-state index is -5.74. The number of benzene rings is 5. The van der Waals surface area contributed by atoms with Crippen LogP contribution in [0.4, 0.5) is 42.1 Å². The van der Waals surface area contributed by atoms with E-state index in [4.69, 9.17) is 0 Å². The Bertz CT molecular complexity index is 2120. The minimum absolute atomic E-state index is 0.00532. The minimum Gasteiger partial charge on any atom is -0.321 e. The number of anilines is 2. The number of hydrogen-bond acceptors (Lipinski definition) is 4. The summed E-state index contributed by atoms with van der Waals surface area (Å²) in [6.45, 7) is 1.52. The van der Waals surface area contributed by atoms with Crippen LogP contribution in [0.3, 0.4) is 0 Å². The van der Waals surface area contributed by atoms with Gasteiger partial charge in [0.25, 0.3) is 11.8 Å². The average molecular weight is 726 g/mol. The molecule has 0 aliphatic carbocycles. The van der Waals surface area contributed by atoms with Crippen LogP contribution in [0, 0.1) is 23.3 Å². The van der Waals surface area contributed by atoms with Crippen molar-refractivity contribution in [2.24, 2.45) is 0 Å². The van der Waals surface area contributed by atoms with E-state index >= 15 is 0 Å². The summed E-state index contributed by atoms with van der Waals surface area (Å²) in [5, 5.41) is 7.60. The summed E-state index contributed by atoms with van der Waals surface area (Å²) in [4.78, 5) is 40.1. The Labute approximate surface area is 290 Å². The fraction of sp³-hybridized carbons (Fsp3) is 0.108. The molecule has 5 rings (SSSR count). The molecule has 0 saturated heterocycles. The summed E-state index contributed by atoms with van der Waals surface area (Å²) in [6.07, 6.45) is -4.20. The second kappa shape index (κ2) is 15.5. The van der Waals surface area contributed by atoms with Crippen molar-refractivity contribution in [3.05, 3.63) is 143 Å². The van der Waals surface area contributed by atoms with Gasteiger partial charge in [0.1, 0.15) is 16.9 Å². The summed E-state index contributed by atoms with van der Waals surface area (Å²) in [6, 6.07) is 27.2. The number of fused-ring (bicyclic) bond motifs is 1. The average Bonchev–Trinajstić information content (AvgIpc) is 3.11. The molecule has 6 nitrogen and oxygen atoms in total. The van der Waals surface area contributed by atoms with Crippen LogP contribution in [-0.2, 0) is 15.8 Å². The first-order chi connectivity index (χ1) is 24.3. The highest BCUT2D eigenvalue weighted by Crippen LogP contribution is 2.39. The first-order valence-corrected chi connectivity index (χ1v) is 16.0. The Kier molecular flexibility index (Phi) is 11.1. The second-order valence-corrected chi connectivity index (χ2v) is 12.2. The van der Waals surface area contributed by atoms with Crippen molar-refractivity contribution in [1.82, 2.24) is 5.32 Å². The Morgan fingerprint density at radius 2 is 1.39 bits per heavy atom. The van der Waals surface area contributed by atoms with Gasteiger partial charge in [0.05, 0.1) is 5.25 Å². The summed E-state index contributed by atoms with van der Waals surface area (Å²) in [5.41, 5.74) is -3.38. The number of halogens is 7. The molecular weight excluding hydrogens is 699 g/mol. The van der Waals surface area contributed by atoms with Gasteiger partial charge >= 0.3 is 6.18 Å². The molecule has 14 heteroatoms. The Hall–Kier alpha value is -5.63. The number of nitrogens with one attached hydrogen (secondary N) is 3. The van der Waals surface area contributed by atoms with E-state index in [1.54, 1.807) is 53.8 Å². The maximum absolute atomic E-state index is 14.4. The van der Waals surface area contributed by atoms with Crippen LogP contribution < -0.4 is 16.0 Å². The molecule has 0 spiro atoms. The van der Waals surface area contributed by atoms with Crippen molar-refractivity contribution in [3.63, 3.8) is 0 Å². The highest BCUT2D eigenvalue weighted by molar-refractivity contribution is 8.00. The van der Waals surface area contributed by atoms with E-state index in [9.17, 15) is 45.1 Å². The van der Waals surface area contributed by atoms with Crippen LogP contribution in [0.5, 0.6) is 0 Å². The molecule has 0 saturated carbocycles. The SMILES string of the molecule is CCC(Sc1cccc(NC(=O)/C(=C\c2cccc3ccccc23)NC(=O)c2ccccc2)c1)C(=O)Nc1c(F)c(F)c(C(F)(F)F)c(F)c1F. The van der Waals surface area contributed by atoms with E-state index in [0.717, 1.165) is 22.5 Å². The van der Waals surface area contributed by atoms with E-state index in [1.807, 2.05) is 30.3 Å². The molecule has 0 bridgehead atoms. The van der Waals surface area contributed by atoms with Crippen LogP contribution in [-0.4, -0.2) is 23.0 Å². The predicted octanol–water partition coefficient (Wildman–Crippen LogP) is 9.33. The molecule has 0 fully saturated rings. The fourth-order valence-electron chi connectivity index (χ4n) is 5.00. The van der Waals surface area contributed by atoms with Gasteiger partial charge in [-0.15, -0.1) is 11.8 Å². The standard InChI is InChI=1S/C37H26F7N3O3S/c1-2-27(36(50)47-33-31(40)29(38)28(37(42,43)44)30(39)32(33)41)51-24-16-9-15-23(19-24)45-35(49)26(46-34(48)21-11-4-3-5-12-21)18-22-14-8-13-20-10-6-7-17-25(20)22/h3-19,27H,2H2,1H3,(H,45,49)(H,46,48)(H,47,50)/b26-18+. The second-order valence-electron chi connectivity index (χ2n) is 10.9. The van der Waals surface area contributed by atoms with Crippen LogP contribution in [0.25, 0.3) is 16.8 Å². The third-order valence-corrected chi connectivity index (χ3v) is 8.84. The largest absolute Gasteiger partial charge is 0.422 e. The molecule has 0 aromatic heterocycles. The molecule has 3 N–H and O–H groups in total. The number of carbonyl (C=O) groups is 3. The van der Waals surface area contributed by atoms with Gasteiger partial charge in [-0.1, -0.05) is 73.7 Å². The lowest BCUT2D eigenvalue weighted by Gasteiger charge is -2.18. The molecule has 0 aliphatic heterocycles. The van der Waals surface area contributed by atoms with Gasteiger partial charge in [-0.2, -0.15) is 13.2 Å². The Morgan fingerprint density at radius 3 is 2.06 bits per heavy atom. The monoisotopic (exact) mass is 725 g/mol. The molecular formula is C37H26F7N3O3S. The quantitative estimate of drug-likeness (QED) is 0.0580. The summed E-state index contributed by atoms with van der Waals surface area (Å²) >= 11 is 0.845. The lowest BCUT2D eigenvalue weighted by Crippen LogP contribution is -2.30. The molecule has 0 radical (unpaired) electrons. The lowest BCUT2D eigenvalue weighted by atomic mass is 10.0. The number of rotatable bonds is 10. The van der Waals surface area contributed by atoms with Crippen LogP contribution in [0.15, 0.2) is 108 Å². The van der Waals surface area contributed by atoms with Gasteiger partial charge < -0.3 is 16.0 Å². The van der Waals surface area contributed by atoms with Crippen molar-refractivity contribution in [2.75, 3.05) is 10.6 Å². The number of carbonyl (C=O) groups excluding carboxylic acids is 3. The molecule has 1 unspecified atom stereocenters. The number of thioether (sulfide) groups is 1. The van der Waals surface area contributed by atoms with E-state index in [2.05, 4.69) is 10.6 Å². The first kappa shape index (κ1) is 36.6. The fourth-order valence-corrected chi connectivity index (χ4v) is 6.01. The van der Waals surface area contributed by atoms with Crippen molar-refractivity contribution in [3.8, 4) is 0 Å². The topological polar surface area (TPSA) is 87.3 Å². The van der Waals surface area contributed by atoms with Crippen LogP contribution in [0.2, 0.25) is 0 Å². The van der Waals surface area contributed by atoms with E-state index in [1.165, 1.54) is 31.2 Å². The highest BCUT2D eigenvalue weighted by atomic mass is 32.2. The van der Waals surface area contributed by atoms with E-state index < -0.39 is 63.7 Å². The van der Waals surface area contributed by atoms with Gasteiger partial charge in [-0.25, -0.2) is 17.6 Å². The maximum Gasteiger partial charge on any atom is 0.422 e. The lowest BCUT2D eigenvalue weighted by molar-refractivity contribution is -0.143. The normalized spacial score (nSPS) is 12.4. The van der Waals surface area contributed by atoms with Crippen LogP contribution >= 0.6 is 11.8 Å². The predicted molar refractivity (Wildman–Crippen MR) is 181 cm³/mol. The zero-order chi connectivity index (χ0) is 36.9. The molecule has 262 valence electrons. The third kappa shape index (κ3) is 8.40. The zero-order valence-electron chi connectivity index (χ0n) is 26.4. The molecule has 1 atom stereocenters. The molecule has 5 aromatic carbocycles. The number of amides is 3. The van der Waals surface area contributed by atoms with Crippen molar-refractivity contribution in [2.45, 2.75) is 29.7 Å². The van der Waals surface area contributed by atoms with Gasteiger partial charge in [0.2, 0.25) is 5.91 Å². The maximum atomic E-state index is 14.4. The van der Waals surface area contributed by atoms with Gasteiger partial charge in [0, 0.05) is 16.1 Å². The van der Waals surface area contributed by atoms with Gasteiger partial charge in [-0.3, -0.25) is 14.4 Å². The van der Waals surface area contributed by atoms with Gasteiger partial charge in [-0.05, 0) is 59.2 Å². The molecule has 0 aliphatic rings. The molecule has 51 heavy (non-hydrogen) atoms. The van der Waals surface area contributed by atoms with Crippen molar-refractivity contribution < 1.29 is 45.1 Å². The Balaban J connectivity index is 1.37. The molecule has 0 heterocycles. The molecule has 5 aromatic rings. The van der Waals surface area contributed by atoms with Crippen molar-refractivity contribution >= 4 is 57.7 Å². The molecule has 3 amide bonds.